The number of piperazine rings is 1. The van der Waals surface area contributed by atoms with Crippen molar-refractivity contribution in [1.82, 2.24) is 20.5 Å². The van der Waals surface area contributed by atoms with Gasteiger partial charge in [-0.25, -0.2) is 4.98 Å². The third-order valence-electron chi connectivity index (χ3n) is 7.34. The number of halogens is 1. The highest BCUT2D eigenvalue weighted by atomic mass is 127. The van der Waals surface area contributed by atoms with Crippen LogP contribution >= 0.6 is 24.0 Å². The van der Waals surface area contributed by atoms with Gasteiger partial charge in [0.05, 0.1) is 6.04 Å². The second-order valence-corrected chi connectivity index (χ2v) is 9.67. The highest BCUT2D eigenvalue weighted by molar-refractivity contribution is 14.0. The number of likely N-dealkylation sites (N-methyl/N-ethyl adjacent to an activating group) is 1. The Morgan fingerprint density at radius 3 is 2.68 bits per heavy atom. The molecule has 5 rings (SSSR count). The summed E-state index contributed by atoms with van der Waals surface area (Å²) in [5, 5.41) is 7.22. The number of para-hydroxylation sites is 1. The number of anilines is 1. The number of aliphatic imine (C=N–C) groups is 1. The Balaban J connectivity index is 0.00000274. The number of nitrogens with zero attached hydrogens (tertiary/aromatic N) is 4. The van der Waals surface area contributed by atoms with E-state index in [1.165, 1.54) is 24.0 Å². The lowest BCUT2D eigenvalue weighted by Gasteiger charge is -2.40. The Bertz CT molecular complexity index is 985. The number of ether oxygens (including phenoxy) is 1. The number of pyridine rings is 1. The lowest BCUT2D eigenvalue weighted by Crippen LogP contribution is -2.46. The van der Waals surface area contributed by atoms with Crippen LogP contribution in [0.4, 0.5) is 5.82 Å². The van der Waals surface area contributed by atoms with Gasteiger partial charge in [-0.2, -0.15) is 0 Å². The van der Waals surface area contributed by atoms with Crippen LogP contribution in [0.25, 0.3) is 0 Å². The van der Waals surface area contributed by atoms with Crippen molar-refractivity contribution in [2.45, 2.75) is 50.3 Å². The van der Waals surface area contributed by atoms with Crippen LogP contribution in [-0.2, 0) is 6.54 Å². The molecule has 184 valence electrons. The van der Waals surface area contributed by atoms with Crippen molar-refractivity contribution in [3.8, 4) is 5.75 Å². The van der Waals surface area contributed by atoms with Crippen LogP contribution in [0.15, 0.2) is 47.6 Å². The maximum absolute atomic E-state index is 6.52. The topological polar surface area (TPSA) is 65.0 Å². The van der Waals surface area contributed by atoms with Crippen molar-refractivity contribution in [3.05, 3.63) is 53.7 Å². The van der Waals surface area contributed by atoms with Gasteiger partial charge in [-0.3, -0.25) is 4.99 Å². The van der Waals surface area contributed by atoms with E-state index in [2.05, 4.69) is 73.9 Å². The Labute approximate surface area is 220 Å². The summed E-state index contributed by atoms with van der Waals surface area (Å²) in [7, 11) is 4.02. The molecule has 1 spiro atoms. The summed E-state index contributed by atoms with van der Waals surface area (Å²) in [6.07, 6.45) is 7.67. The zero-order valence-corrected chi connectivity index (χ0v) is 22.6. The van der Waals surface area contributed by atoms with Crippen LogP contribution in [-0.4, -0.2) is 61.7 Å². The van der Waals surface area contributed by atoms with Crippen LogP contribution in [0.1, 0.15) is 49.3 Å². The minimum Gasteiger partial charge on any atom is -0.487 e. The van der Waals surface area contributed by atoms with Gasteiger partial charge in [0.25, 0.3) is 0 Å². The molecule has 2 aromatic rings. The molecular weight excluding hydrogens is 539 g/mol. The van der Waals surface area contributed by atoms with Gasteiger partial charge in [0, 0.05) is 58.0 Å². The van der Waals surface area contributed by atoms with E-state index in [1.807, 2.05) is 13.2 Å². The summed E-state index contributed by atoms with van der Waals surface area (Å²) in [6.45, 7) is 4.91. The molecule has 3 aliphatic rings. The molecule has 34 heavy (non-hydrogen) atoms. The summed E-state index contributed by atoms with van der Waals surface area (Å²) in [5.74, 6) is 2.90. The van der Waals surface area contributed by atoms with Crippen molar-refractivity contribution in [3.63, 3.8) is 0 Å². The van der Waals surface area contributed by atoms with Crippen LogP contribution in [0.3, 0.4) is 0 Å². The third-order valence-corrected chi connectivity index (χ3v) is 7.34. The molecule has 3 heterocycles. The second kappa shape index (κ2) is 11.1. The smallest absolute Gasteiger partial charge is 0.191 e. The van der Waals surface area contributed by atoms with Crippen molar-refractivity contribution >= 4 is 35.8 Å². The van der Waals surface area contributed by atoms with E-state index in [-0.39, 0.29) is 35.6 Å². The molecular formula is C26H37IN6O. The predicted molar refractivity (Wildman–Crippen MR) is 148 cm³/mol. The standard InChI is InChI=1S/C26H36N6O.HI/c1-27-25(29-19-20-9-12-28-24(17-20)32-15-13-31(2)14-16-32)30-22-18-26(10-5-6-11-26)33-23-8-4-3-7-21(22)23;/h3-4,7-9,12,17,22H,5-6,10-11,13-16,18-19H2,1-2H3,(H2,27,29,30);1H. The highest BCUT2D eigenvalue weighted by Gasteiger charge is 2.43. The first kappa shape index (κ1) is 25.0. The molecule has 1 saturated heterocycles. The van der Waals surface area contributed by atoms with Crippen LogP contribution in [0.5, 0.6) is 5.75 Å². The average molecular weight is 577 g/mol. The molecule has 1 saturated carbocycles. The first-order chi connectivity index (χ1) is 16.1. The number of guanidine groups is 1. The number of hydrogen-bond acceptors (Lipinski definition) is 5. The Hall–Kier alpha value is -2.07. The van der Waals surface area contributed by atoms with E-state index >= 15 is 0 Å². The van der Waals surface area contributed by atoms with Gasteiger partial charge in [-0.05, 0) is 56.5 Å². The number of fused-ring (bicyclic) bond motifs is 1. The van der Waals surface area contributed by atoms with Crippen LogP contribution in [0, 0.1) is 0 Å². The van der Waals surface area contributed by atoms with E-state index in [4.69, 9.17) is 4.74 Å². The average Bonchev–Trinajstić information content (AvgIpc) is 3.29. The monoisotopic (exact) mass is 576 g/mol. The van der Waals surface area contributed by atoms with Gasteiger partial charge in [0.15, 0.2) is 5.96 Å². The Morgan fingerprint density at radius 1 is 1.15 bits per heavy atom. The number of hydrogen-bond donors (Lipinski definition) is 2. The van der Waals surface area contributed by atoms with Crippen molar-refractivity contribution in [2.24, 2.45) is 4.99 Å². The van der Waals surface area contributed by atoms with Gasteiger partial charge in [-0.15, -0.1) is 24.0 Å². The summed E-state index contributed by atoms with van der Waals surface area (Å²) in [5.41, 5.74) is 2.40. The fourth-order valence-electron chi connectivity index (χ4n) is 5.40. The molecule has 1 aromatic carbocycles. The molecule has 1 aliphatic carbocycles. The molecule has 2 N–H and O–H groups in total. The maximum atomic E-state index is 6.52. The predicted octanol–water partition coefficient (Wildman–Crippen LogP) is 3.95. The third kappa shape index (κ3) is 5.59. The molecule has 1 aromatic heterocycles. The normalized spacial score (nSPS) is 22.0. The SMILES string of the molecule is CN=C(NCc1ccnc(N2CCN(C)CC2)c1)NC1CC2(CCCC2)Oc2ccccc21.I. The van der Waals surface area contributed by atoms with Crippen LogP contribution in [0.2, 0.25) is 0 Å². The summed E-state index contributed by atoms with van der Waals surface area (Å²) < 4.78 is 6.52. The van der Waals surface area contributed by atoms with Gasteiger partial charge >= 0.3 is 0 Å². The largest absolute Gasteiger partial charge is 0.487 e. The highest BCUT2D eigenvalue weighted by Crippen LogP contribution is 2.46. The number of aromatic nitrogens is 1. The van der Waals surface area contributed by atoms with Gasteiger partial charge in [-0.1, -0.05) is 18.2 Å². The fraction of sp³-hybridized carbons (Fsp3) is 0.538. The zero-order chi connectivity index (χ0) is 22.7. The molecule has 2 fully saturated rings. The molecule has 2 aliphatic heterocycles. The minimum atomic E-state index is -0.0343. The summed E-state index contributed by atoms with van der Waals surface area (Å²) >= 11 is 0. The minimum absolute atomic E-state index is 0. The van der Waals surface area contributed by atoms with Crippen molar-refractivity contribution < 1.29 is 4.74 Å². The molecule has 0 radical (unpaired) electrons. The lowest BCUT2D eigenvalue weighted by molar-refractivity contribution is 0.0396. The zero-order valence-electron chi connectivity index (χ0n) is 20.3. The quantitative estimate of drug-likeness (QED) is 0.327. The first-order valence-corrected chi connectivity index (χ1v) is 12.3. The number of rotatable bonds is 4. The van der Waals surface area contributed by atoms with E-state index in [0.29, 0.717) is 6.54 Å². The summed E-state index contributed by atoms with van der Waals surface area (Å²) in [4.78, 5) is 13.9. The molecule has 1 unspecified atom stereocenters. The van der Waals surface area contributed by atoms with Crippen LogP contribution < -0.4 is 20.3 Å². The molecule has 0 bridgehead atoms. The van der Waals surface area contributed by atoms with E-state index < -0.39 is 0 Å². The molecule has 1 atom stereocenters. The molecule has 0 amide bonds. The van der Waals surface area contributed by atoms with E-state index in [1.54, 1.807) is 0 Å². The second-order valence-electron chi connectivity index (χ2n) is 9.67. The molecule has 7 nitrogen and oxygen atoms in total. The van der Waals surface area contributed by atoms with E-state index in [9.17, 15) is 0 Å². The fourth-order valence-corrected chi connectivity index (χ4v) is 5.40. The summed E-state index contributed by atoms with van der Waals surface area (Å²) in [6, 6.07) is 12.9. The van der Waals surface area contributed by atoms with Crippen molar-refractivity contribution in [1.29, 1.82) is 0 Å². The van der Waals surface area contributed by atoms with E-state index in [0.717, 1.165) is 63.0 Å². The number of benzene rings is 1. The Kier molecular flexibility index (Phi) is 8.18. The van der Waals surface area contributed by atoms with Gasteiger partial charge in [0.1, 0.15) is 17.2 Å². The first-order valence-electron chi connectivity index (χ1n) is 12.3. The number of nitrogens with one attached hydrogen (secondary N) is 2. The van der Waals surface area contributed by atoms with Gasteiger partial charge in [0.2, 0.25) is 0 Å². The molecule has 8 heteroatoms. The maximum Gasteiger partial charge on any atom is 0.191 e. The lowest BCUT2D eigenvalue weighted by atomic mass is 9.86. The van der Waals surface area contributed by atoms with Gasteiger partial charge < -0.3 is 25.2 Å². The van der Waals surface area contributed by atoms with Crippen molar-refractivity contribution in [2.75, 3.05) is 45.2 Å². The Morgan fingerprint density at radius 2 is 1.91 bits per heavy atom.